The molecule has 0 atom stereocenters. The zero-order chi connectivity index (χ0) is 13.3. The number of rotatable bonds is 2. The van der Waals surface area contributed by atoms with E-state index in [0.29, 0.717) is 37.6 Å². The quantitative estimate of drug-likeness (QED) is 0.778. The maximum absolute atomic E-state index is 6.06. The van der Waals surface area contributed by atoms with E-state index in [1.165, 1.54) is 0 Å². The third-order valence-corrected chi connectivity index (χ3v) is 3.07. The van der Waals surface area contributed by atoms with Crippen molar-refractivity contribution in [2.24, 2.45) is 0 Å². The highest BCUT2D eigenvalue weighted by atomic mass is 35.5. The van der Waals surface area contributed by atoms with Crippen LogP contribution in [0.2, 0.25) is 20.2 Å². The first-order chi connectivity index (χ1) is 8.45. The molecule has 0 radical (unpaired) electrons. The summed E-state index contributed by atoms with van der Waals surface area (Å²) >= 11 is 23.8. The highest BCUT2D eigenvalue weighted by Gasteiger charge is 2.09. The fourth-order valence-electron chi connectivity index (χ4n) is 1.38. The van der Waals surface area contributed by atoms with E-state index in [1.54, 1.807) is 25.1 Å². The SMILES string of the molecule is Cc1nc(Cl)cc(Nc2c(Cl)cc(Cl)cc2Cl)n1. The first kappa shape index (κ1) is 13.7. The second-order valence-electron chi connectivity index (χ2n) is 3.49. The van der Waals surface area contributed by atoms with E-state index in [4.69, 9.17) is 46.4 Å². The second-order valence-corrected chi connectivity index (χ2v) is 5.13. The van der Waals surface area contributed by atoms with Crippen LogP contribution in [0.1, 0.15) is 5.82 Å². The molecule has 3 nitrogen and oxygen atoms in total. The largest absolute Gasteiger partial charge is 0.338 e. The van der Waals surface area contributed by atoms with Crippen molar-refractivity contribution >= 4 is 57.9 Å². The summed E-state index contributed by atoms with van der Waals surface area (Å²) in [5, 5.41) is 4.60. The Labute approximate surface area is 124 Å². The monoisotopic (exact) mass is 321 g/mol. The molecule has 0 fully saturated rings. The van der Waals surface area contributed by atoms with Crippen LogP contribution in [0, 0.1) is 6.92 Å². The average molecular weight is 323 g/mol. The van der Waals surface area contributed by atoms with Crippen LogP contribution in [0.25, 0.3) is 0 Å². The van der Waals surface area contributed by atoms with Gasteiger partial charge in [-0.05, 0) is 19.1 Å². The van der Waals surface area contributed by atoms with Crippen LogP contribution in [0.15, 0.2) is 18.2 Å². The Morgan fingerprint density at radius 2 is 1.56 bits per heavy atom. The molecule has 0 unspecified atom stereocenters. The number of hydrogen-bond donors (Lipinski definition) is 1. The van der Waals surface area contributed by atoms with Crippen molar-refractivity contribution in [3.05, 3.63) is 44.2 Å². The molecule has 7 heteroatoms. The summed E-state index contributed by atoms with van der Waals surface area (Å²) in [5.74, 6) is 1.06. The molecule has 0 bridgehead atoms. The molecule has 1 aromatic heterocycles. The number of aromatic nitrogens is 2. The summed E-state index contributed by atoms with van der Waals surface area (Å²) in [6.45, 7) is 1.74. The van der Waals surface area contributed by atoms with Gasteiger partial charge in [-0.15, -0.1) is 0 Å². The molecular weight excluding hydrogens is 316 g/mol. The molecule has 1 heterocycles. The predicted molar refractivity (Wildman–Crippen MR) is 76.5 cm³/mol. The first-order valence-electron chi connectivity index (χ1n) is 4.88. The van der Waals surface area contributed by atoms with Gasteiger partial charge in [0.25, 0.3) is 0 Å². The number of nitrogens with zero attached hydrogens (tertiary/aromatic N) is 2. The number of hydrogen-bond acceptors (Lipinski definition) is 3. The molecular formula is C11H7Cl4N3. The lowest BCUT2D eigenvalue weighted by atomic mass is 10.3. The molecule has 1 aromatic carbocycles. The van der Waals surface area contributed by atoms with E-state index in [0.717, 1.165) is 0 Å². The summed E-state index contributed by atoms with van der Waals surface area (Å²) in [6.07, 6.45) is 0. The van der Waals surface area contributed by atoms with Gasteiger partial charge in [-0.1, -0.05) is 46.4 Å². The zero-order valence-electron chi connectivity index (χ0n) is 9.14. The Bertz CT molecular complexity index is 558. The first-order valence-corrected chi connectivity index (χ1v) is 6.39. The summed E-state index contributed by atoms with van der Waals surface area (Å²) in [7, 11) is 0. The van der Waals surface area contributed by atoms with Gasteiger partial charge in [0, 0.05) is 11.1 Å². The molecule has 2 aromatic rings. The topological polar surface area (TPSA) is 37.8 Å². The van der Waals surface area contributed by atoms with E-state index >= 15 is 0 Å². The number of aryl methyl sites for hydroxylation is 1. The van der Waals surface area contributed by atoms with Gasteiger partial charge in [-0.2, -0.15) is 0 Å². The fourth-order valence-corrected chi connectivity index (χ4v) is 2.52. The Morgan fingerprint density at radius 3 is 2.11 bits per heavy atom. The van der Waals surface area contributed by atoms with Crippen molar-refractivity contribution in [1.29, 1.82) is 0 Å². The smallest absolute Gasteiger partial charge is 0.135 e. The van der Waals surface area contributed by atoms with Gasteiger partial charge in [-0.3, -0.25) is 0 Å². The van der Waals surface area contributed by atoms with Gasteiger partial charge < -0.3 is 5.32 Å². The molecule has 94 valence electrons. The lowest BCUT2D eigenvalue weighted by molar-refractivity contribution is 1.06. The molecule has 0 aliphatic heterocycles. The molecule has 1 N–H and O–H groups in total. The highest BCUT2D eigenvalue weighted by molar-refractivity contribution is 6.41. The lowest BCUT2D eigenvalue weighted by Crippen LogP contribution is -1.98. The highest BCUT2D eigenvalue weighted by Crippen LogP contribution is 2.35. The van der Waals surface area contributed by atoms with Crippen LogP contribution in [-0.4, -0.2) is 9.97 Å². The Morgan fingerprint density at radius 1 is 0.944 bits per heavy atom. The molecule has 0 saturated heterocycles. The minimum absolute atomic E-state index is 0.339. The van der Waals surface area contributed by atoms with Gasteiger partial charge in [0.1, 0.15) is 16.8 Å². The van der Waals surface area contributed by atoms with E-state index in [9.17, 15) is 0 Å². The third-order valence-electron chi connectivity index (χ3n) is 2.07. The molecule has 0 spiro atoms. The fraction of sp³-hybridized carbons (Fsp3) is 0.0909. The van der Waals surface area contributed by atoms with Crippen molar-refractivity contribution < 1.29 is 0 Å². The molecule has 0 amide bonds. The number of nitrogens with one attached hydrogen (secondary N) is 1. The predicted octanol–water partition coefficient (Wildman–Crippen LogP) is 5.14. The summed E-state index contributed by atoms with van der Waals surface area (Å²) in [4.78, 5) is 8.14. The van der Waals surface area contributed by atoms with Crippen molar-refractivity contribution in [2.45, 2.75) is 6.92 Å². The van der Waals surface area contributed by atoms with E-state index in [1.807, 2.05) is 0 Å². The molecule has 0 saturated carbocycles. The van der Waals surface area contributed by atoms with Crippen molar-refractivity contribution in [1.82, 2.24) is 9.97 Å². The Hall–Kier alpha value is -0.740. The molecule has 0 aliphatic rings. The van der Waals surface area contributed by atoms with Crippen LogP contribution in [-0.2, 0) is 0 Å². The number of benzene rings is 1. The van der Waals surface area contributed by atoms with E-state index in [-0.39, 0.29) is 0 Å². The standard InChI is InChI=1S/C11H7Cl4N3/c1-5-16-9(15)4-10(17-5)18-11-7(13)2-6(12)3-8(11)14/h2-4H,1H3,(H,16,17,18). The normalized spacial score (nSPS) is 10.5. The number of halogens is 4. The van der Waals surface area contributed by atoms with Crippen LogP contribution < -0.4 is 5.32 Å². The Kier molecular flexibility index (Phi) is 4.17. The van der Waals surface area contributed by atoms with Gasteiger partial charge >= 0.3 is 0 Å². The molecule has 2 rings (SSSR count). The summed E-state index contributed by atoms with van der Waals surface area (Å²) in [6, 6.07) is 4.76. The summed E-state index contributed by atoms with van der Waals surface area (Å²) < 4.78 is 0. The lowest BCUT2D eigenvalue weighted by Gasteiger charge is -2.10. The van der Waals surface area contributed by atoms with Crippen LogP contribution in [0.3, 0.4) is 0 Å². The Balaban J connectivity index is 2.40. The minimum Gasteiger partial charge on any atom is -0.338 e. The van der Waals surface area contributed by atoms with Gasteiger partial charge in [0.05, 0.1) is 15.7 Å². The second kappa shape index (κ2) is 5.49. The van der Waals surface area contributed by atoms with Gasteiger partial charge in [0.2, 0.25) is 0 Å². The minimum atomic E-state index is 0.339. The summed E-state index contributed by atoms with van der Waals surface area (Å²) in [5.41, 5.74) is 0.525. The maximum atomic E-state index is 6.06. The number of anilines is 2. The van der Waals surface area contributed by atoms with Gasteiger partial charge in [-0.25, -0.2) is 9.97 Å². The van der Waals surface area contributed by atoms with Crippen LogP contribution in [0.4, 0.5) is 11.5 Å². The molecule has 18 heavy (non-hydrogen) atoms. The van der Waals surface area contributed by atoms with Crippen molar-refractivity contribution in [3.63, 3.8) is 0 Å². The zero-order valence-corrected chi connectivity index (χ0v) is 12.2. The van der Waals surface area contributed by atoms with Crippen molar-refractivity contribution in [3.8, 4) is 0 Å². The molecule has 0 aliphatic carbocycles. The van der Waals surface area contributed by atoms with Gasteiger partial charge in [0.15, 0.2) is 0 Å². The van der Waals surface area contributed by atoms with Crippen molar-refractivity contribution in [2.75, 3.05) is 5.32 Å². The maximum Gasteiger partial charge on any atom is 0.135 e. The van der Waals surface area contributed by atoms with Crippen LogP contribution in [0.5, 0.6) is 0 Å². The van der Waals surface area contributed by atoms with E-state index < -0.39 is 0 Å². The van der Waals surface area contributed by atoms with E-state index in [2.05, 4.69) is 15.3 Å². The third kappa shape index (κ3) is 3.18. The van der Waals surface area contributed by atoms with Crippen LogP contribution >= 0.6 is 46.4 Å². The average Bonchev–Trinajstić information content (AvgIpc) is 2.22.